The van der Waals surface area contributed by atoms with Crippen LogP contribution in [-0.4, -0.2) is 37.1 Å². The van der Waals surface area contributed by atoms with Crippen molar-refractivity contribution in [3.8, 4) is 5.88 Å². The van der Waals surface area contributed by atoms with Crippen molar-refractivity contribution in [2.24, 2.45) is 0 Å². The second-order valence-corrected chi connectivity index (χ2v) is 4.39. The minimum Gasteiger partial charge on any atom is -0.473 e. The Balaban J connectivity index is 1.83. The van der Waals surface area contributed by atoms with Gasteiger partial charge in [0.1, 0.15) is 14.0 Å². The molecule has 4 nitrogen and oxygen atoms in total. The molecule has 2 heterocycles. The molecule has 0 aliphatic carbocycles. The molecule has 0 bridgehead atoms. The Kier molecular flexibility index (Phi) is 3.15. The van der Waals surface area contributed by atoms with E-state index in [9.17, 15) is 0 Å². The van der Waals surface area contributed by atoms with Crippen LogP contribution < -0.4 is 10.2 Å². The summed E-state index contributed by atoms with van der Waals surface area (Å²) in [6.07, 6.45) is 3.63. The maximum atomic E-state index is 5.81. The minimum atomic E-state index is 0.173. The van der Waals surface area contributed by atoms with Crippen LogP contribution in [0.3, 0.4) is 0 Å². The number of benzene rings is 1. The summed E-state index contributed by atoms with van der Waals surface area (Å²) in [5, 5.41) is 0. The Hall–Kier alpha value is -1.62. The molecule has 1 aliphatic rings. The van der Waals surface area contributed by atoms with Gasteiger partial charge in [0, 0.05) is 12.8 Å². The first kappa shape index (κ1) is 11.5. The summed E-state index contributed by atoms with van der Waals surface area (Å²) < 4.78 is 11.1. The van der Waals surface area contributed by atoms with E-state index in [-0.39, 0.29) is 6.10 Å². The van der Waals surface area contributed by atoms with E-state index in [2.05, 4.69) is 9.97 Å². The molecule has 18 heavy (non-hydrogen) atoms. The highest BCUT2D eigenvalue weighted by Gasteiger charge is 2.16. The van der Waals surface area contributed by atoms with E-state index in [1.54, 1.807) is 12.3 Å². The second kappa shape index (κ2) is 4.94. The van der Waals surface area contributed by atoms with Crippen LogP contribution >= 0.6 is 0 Å². The molecule has 1 saturated heterocycles. The fourth-order valence-electron chi connectivity index (χ4n) is 2.03. The highest BCUT2D eigenvalue weighted by atomic mass is 16.5. The molecule has 1 aromatic heterocycles. The highest BCUT2D eigenvalue weighted by Crippen LogP contribution is 2.17. The number of hydrogen-bond donors (Lipinski definition) is 0. The van der Waals surface area contributed by atoms with Crippen molar-refractivity contribution in [3.63, 3.8) is 0 Å². The average Bonchev–Trinajstić information content (AvgIpc) is 2.39. The molecular formula is C13H13BN2O2. The lowest BCUT2D eigenvalue weighted by Gasteiger charge is -2.22. The van der Waals surface area contributed by atoms with E-state index in [4.69, 9.17) is 17.3 Å². The van der Waals surface area contributed by atoms with Crippen LogP contribution in [0.1, 0.15) is 12.8 Å². The van der Waals surface area contributed by atoms with E-state index < -0.39 is 0 Å². The summed E-state index contributed by atoms with van der Waals surface area (Å²) in [7, 11) is 5.73. The van der Waals surface area contributed by atoms with Crippen LogP contribution in [0.25, 0.3) is 11.0 Å². The maximum Gasteiger partial charge on any atom is 0.233 e. The van der Waals surface area contributed by atoms with Crippen molar-refractivity contribution in [1.29, 1.82) is 0 Å². The van der Waals surface area contributed by atoms with E-state index in [1.165, 1.54) is 0 Å². The number of nitrogens with zero attached hydrogens (tertiary/aromatic N) is 2. The molecule has 1 fully saturated rings. The molecule has 1 aromatic carbocycles. The quantitative estimate of drug-likeness (QED) is 0.734. The van der Waals surface area contributed by atoms with Gasteiger partial charge < -0.3 is 9.47 Å². The van der Waals surface area contributed by atoms with E-state index in [0.717, 1.165) is 37.1 Å². The summed E-state index contributed by atoms with van der Waals surface area (Å²) in [6.45, 7) is 1.50. The van der Waals surface area contributed by atoms with Crippen molar-refractivity contribution in [3.05, 3.63) is 24.4 Å². The smallest absolute Gasteiger partial charge is 0.233 e. The molecule has 0 atom stereocenters. The van der Waals surface area contributed by atoms with Gasteiger partial charge in [0.2, 0.25) is 5.88 Å². The molecule has 5 heteroatoms. The first-order valence-corrected chi connectivity index (χ1v) is 6.08. The molecule has 3 rings (SSSR count). The van der Waals surface area contributed by atoms with Crippen molar-refractivity contribution >= 4 is 24.3 Å². The SMILES string of the molecule is [B]c1ccc2ncc(OC3CCOCC3)nc2c1. The summed E-state index contributed by atoms with van der Waals surface area (Å²) in [5.74, 6) is 0.556. The molecule has 1 aliphatic heterocycles. The number of ether oxygens (including phenoxy) is 2. The lowest BCUT2D eigenvalue weighted by atomic mass is 9.96. The van der Waals surface area contributed by atoms with E-state index in [1.807, 2.05) is 12.1 Å². The largest absolute Gasteiger partial charge is 0.473 e. The molecule has 0 saturated carbocycles. The maximum absolute atomic E-state index is 5.81. The highest BCUT2D eigenvalue weighted by molar-refractivity contribution is 6.33. The second-order valence-electron chi connectivity index (χ2n) is 4.39. The van der Waals surface area contributed by atoms with Gasteiger partial charge in [-0.15, -0.1) is 0 Å². The zero-order valence-electron chi connectivity index (χ0n) is 10.0. The molecule has 0 amide bonds. The minimum absolute atomic E-state index is 0.173. The Morgan fingerprint density at radius 1 is 1.22 bits per heavy atom. The normalized spacial score (nSPS) is 16.9. The molecule has 2 radical (unpaired) electrons. The van der Waals surface area contributed by atoms with E-state index >= 15 is 0 Å². The van der Waals surface area contributed by atoms with Crippen LogP contribution in [0.2, 0.25) is 0 Å². The predicted octanol–water partition coefficient (Wildman–Crippen LogP) is 0.981. The molecule has 0 unspecified atom stereocenters. The zero-order chi connectivity index (χ0) is 12.4. The van der Waals surface area contributed by atoms with Crippen LogP contribution in [0.4, 0.5) is 0 Å². The lowest BCUT2D eigenvalue weighted by molar-refractivity contribution is 0.0237. The van der Waals surface area contributed by atoms with Crippen molar-refractivity contribution in [1.82, 2.24) is 9.97 Å². The topological polar surface area (TPSA) is 44.2 Å². The van der Waals surface area contributed by atoms with Gasteiger partial charge in [-0.3, -0.25) is 0 Å². The molecule has 2 aromatic rings. The van der Waals surface area contributed by atoms with Gasteiger partial charge in [0.15, 0.2) is 0 Å². The molecule has 90 valence electrons. The van der Waals surface area contributed by atoms with Gasteiger partial charge in [-0.1, -0.05) is 11.5 Å². The summed E-state index contributed by atoms with van der Waals surface area (Å²) in [4.78, 5) is 8.74. The number of fused-ring (bicyclic) bond motifs is 1. The third kappa shape index (κ3) is 2.46. The van der Waals surface area contributed by atoms with E-state index in [0.29, 0.717) is 11.3 Å². The number of aromatic nitrogens is 2. The third-order valence-corrected chi connectivity index (χ3v) is 3.00. The van der Waals surface area contributed by atoms with Gasteiger partial charge in [0.25, 0.3) is 0 Å². The Morgan fingerprint density at radius 3 is 2.89 bits per heavy atom. The van der Waals surface area contributed by atoms with Gasteiger partial charge in [-0.05, 0) is 12.1 Å². The lowest BCUT2D eigenvalue weighted by Crippen LogP contribution is -2.26. The van der Waals surface area contributed by atoms with Crippen molar-refractivity contribution < 1.29 is 9.47 Å². The van der Waals surface area contributed by atoms with Gasteiger partial charge >= 0.3 is 0 Å². The van der Waals surface area contributed by atoms with Crippen molar-refractivity contribution in [2.45, 2.75) is 18.9 Å². The average molecular weight is 240 g/mol. The van der Waals surface area contributed by atoms with Gasteiger partial charge in [-0.2, -0.15) is 0 Å². The van der Waals surface area contributed by atoms with Gasteiger partial charge in [0.05, 0.1) is 30.4 Å². The predicted molar refractivity (Wildman–Crippen MR) is 69.4 cm³/mol. The van der Waals surface area contributed by atoms with Crippen LogP contribution in [0, 0.1) is 0 Å². The Morgan fingerprint density at radius 2 is 2.06 bits per heavy atom. The molecule has 0 N–H and O–H groups in total. The third-order valence-electron chi connectivity index (χ3n) is 3.00. The number of hydrogen-bond acceptors (Lipinski definition) is 4. The Bertz CT molecular complexity index is 556. The zero-order valence-corrected chi connectivity index (χ0v) is 10.0. The fourth-order valence-corrected chi connectivity index (χ4v) is 2.03. The van der Waals surface area contributed by atoms with Gasteiger partial charge in [-0.25, -0.2) is 9.97 Å². The summed E-state index contributed by atoms with van der Waals surface area (Å²) in [5.41, 5.74) is 2.27. The van der Waals surface area contributed by atoms with Crippen molar-refractivity contribution in [2.75, 3.05) is 13.2 Å². The Labute approximate surface area is 107 Å². The fraction of sp³-hybridized carbons (Fsp3) is 0.385. The van der Waals surface area contributed by atoms with Crippen LogP contribution in [0.15, 0.2) is 24.4 Å². The summed E-state index contributed by atoms with van der Waals surface area (Å²) >= 11 is 0. The number of rotatable bonds is 2. The molecule has 0 spiro atoms. The standard InChI is InChI=1S/C13H13BN2O2/c14-9-1-2-11-12(7-9)16-13(8-15-11)18-10-3-5-17-6-4-10/h1-2,7-8,10H,3-6H2. The molecular weight excluding hydrogens is 227 g/mol. The van der Waals surface area contributed by atoms with Crippen LogP contribution in [0.5, 0.6) is 5.88 Å². The first-order valence-electron chi connectivity index (χ1n) is 6.08. The van der Waals surface area contributed by atoms with Crippen LogP contribution in [-0.2, 0) is 4.74 Å². The summed E-state index contributed by atoms with van der Waals surface area (Å²) in [6, 6.07) is 5.48. The first-order chi connectivity index (χ1) is 8.81. The monoisotopic (exact) mass is 240 g/mol.